The maximum atomic E-state index is 11.8. The maximum Gasteiger partial charge on any atom is 0.408 e. The van der Waals surface area contributed by atoms with Gasteiger partial charge in [0.25, 0.3) is 0 Å². The summed E-state index contributed by atoms with van der Waals surface area (Å²) in [6, 6.07) is 7.27. The Balaban J connectivity index is 1.95. The first-order chi connectivity index (χ1) is 10.8. The van der Waals surface area contributed by atoms with Gasteiger partial charge in [-0.3, -0.25) is 0 Å². The van der Waals surface area contributed by atoms with Gasteiger partial charge in [0.05, 0.1) is 18.4 Å². The molecule has 122 valence electrons. The van der Waals surface area contributed by atoms with Crippen LogP contribution in [0.3, 0.4) is 0 Å². The number of hydrogen-bond acceptors (Lipinski definition) is 5. The van der Waals surface area contributed by atoms with Gasteiger partial charge >= 0.3 is 6.09 Å². The fraction of sp³-hybridized carbons (Fsp3) is 0.353. The van der Waals surface area contributed by atoms with Crippen LogP contribution in [0.4, 0.5) is 4.79 Å². The van der Waals surface area contributed by atoms with E-state index in [1.807, 2.05) is 52.0 Å². The minimum Gasteiger partial charge on any atom is -0.454 e. The van der Waals surface area contributed by atoms with Gasteiger partial charge in [-0.15, -0.1) is 0 Å². The van der Waals surface area contributed by atoms with Crippen LogP contribution in [0.5, 0.6) is 11.5 Å². The minimum absolute atomic E-state index is 0.168. The normalized spacial score (nSPS) is 12.3. The molecule has 0 aliphatic heterocycles. The fourth-order valence-corrected chi connectivity index (χ4v) is 1.87. The van der Waals surface area contributed by atoms with Crippen molar-refractivity contribution in [3.8, 4) is 11.5 Å². The molecule has 0 fully saturated rings. The van der Waals surface area contributed by atoms with Crippen LogP contribution in [0.15, 0.2) is 43.0 Å². The van der Waals surface area contributed by atoms with Crippen molar-refractivity contribution in [1.29, 1.82) is 0 Å². The molecular weight excluding hydrogens is 294 g/mol. The van der Waals surface area contributed by atoms with Gasteiger partial charge in [-0.05, 0) is 45.4 Å². The third kappa shape index (κ3) is 5.58. The molecule has 1 amide bonds. The van der Waals surface area contributed by atoms with Crippen LogP contribution in [0.1, 0.15) is 39.3 Å². The van der Waals surface area contributed by atoms with Crippen LogP contribution in [-0.4, -0.2) is 21.7 Å². The minimum atomic E-state index is -0.515. The van der Waals surface area contributed by atoms with Gasteiger partial charge in [0.15, 0.2) is 5.75 Å². The third-order valence-electron chi connectivity index (χ3n) is 2.89. The van der Waals surface area contributed by atoms with E-state index in [0.29, 0.717) is 11.5 Å². The van der Waals surface area contributed by atoms with Gasteiger partial charge in [0.2, 0.25) is 0 Å². The lowest BCUT2D eigenvalue weighted by molar-refractivity contribution is 0.0508. The summed E-state index contributed by atoms with van der Waals surface area (Å²) in [5, 5.41) is 2.80. The molecule has 2 rings (SSSR count). The van der Waals surface area contributed by atoms with Crippen molar-refractivity contribution in [2.45, 2.75) is 39.3 Å². The first kappa shape index (κ1) is 16.7. The molecule has 0 radical (unpaired) electrons. The topological polar surface area (TPSA) is 73.3 Å². The number of carbonyl (C=O) groups is 1. The second-order valence-corrected chi connectivity index (χ2v) is 6.11. The van der Waals surface area contributed by atoms with E-state index in [1.54, 1.807) is 12.4 Å². The lowest BCUT2D eigenvalue weighted by Gasteiger charge is -2.22. The molecule has 6 nitrogen and oxygen atoms in total. The second-order valence-electron chi connectivity index (χ2n) is 6.11. The molecule has 0 saturated carbocycles. The molecule has 0 bridgehead atoms. The highest BCUT2D eigenvalue weighted by Gasteiger charge is 2.18. The summed E-state index contributed by atoms with van der Waals surface area (Å²) in [7, 11) is 0. The number of ether oxygens (including phenoxy) is 2. The molecule has 0 saturated heterocycles. The second kappa shape index (κ2) is 7.09. The Kier molecular flexibility index (Phi) is 5.16. The number of nitrogens with one attached hydrogen (secondary N) is 1. The van der Waals surface area contributed by atoms with Gasteiger partial charge in [0, 0.05) is 0 Å². The standard InChI is InChI=1S/C17H21N3O3/c1-12(20-16(21)23-17(2,3)4)13-5-7-14(8-6-13)22-15-9-18-11-19-10-15/h5-12H,1-4H3,(H,20,21). The van der Waals surface area contributed by atoms with E-state index >= 15 is 0 Å². The lowest BCUT2D eigenvalue weighted by atomic mass is 10.1. The predicted molar refractivity (Wildman–Crippen MR) is 86.3 cm³/mol. The monoisotopic (exact) mass is 315 g/mol. The largest absolute Gasteiger partial charge is 0.454 e. The van der Waals surface area contributed by atoms with E-state index in [1.165, 1.54) is 6.33 Å². The number of nitrogens with zero attached hydrogens (tertiary/aromatic N) is 2. The summed E-state index contributed by atoms with van der Waals surface area (Å²) in [4.78, 5) is 19.6. The van der Waals surface area contributed by atoms with E-state index in [9.17, 15) is 4.79 Å². The van der Waals surface area contributed by atoms with Crippen molar-refractivity contribution in [2.75, 3.05) is 0 Å². The average molecular weight is 315 g/mol. The van der Waals surface area contributed by atoms with Crippen LogP contribution in [-0.2, 0) is 4.74 Å². The Morgan fingerprint density at radius 1 is 1.09 bits per heavy atom. The van der Waals surface area contributed by atoms with Crippen molar-refractivity contribution < 1.29 is 14.3 Å². The Hall–Kier alpha value is -2.63. The summed E-state index contributed by atoms with van der Waals surface area (Å²) in [6.07, 6.45) is 4.19. The number of aromatic nitrogens is 2. The summed E-state index contributed by atoms with van der Waals surface area (Å²) in [5.74, 6) is 1.24. The first-order valence-corrected chi connectivity index (χ1v) is 7.36. The van der Waals surface area contributed by atoms with E-state index in [0.717, 1.165) is 5.56 Å². The van der Waals surface area contributed by atoms with Gasteiger partial charge in [-0.25, -0.2) is 14.8 Å². The van der Waals surface area contributed by atoms with E-state index < -0.39 is 11.7 Å². The zero-order valence-electron chi connectivity index (χ0n) is 13.7. The molecular formula is C17H21N3O3. The summed E-state index contributed by atoms with van der Waals surface area (Å²) < 4.78 is 10.9. The molecule has 1 heterocycles. The molecule has 1 atom stereocenters. The van der Waals surface area contributed by atoms with Crippen molar-refractivity contribution in [1.82, 2.24) is 15.3 Å². The number of alkyl carbamates (subject to hydrolysis) is 1. The van der Waals surface area contributed by atoms with Gasteiger partial charge in [0.1, 0.15) is 17.7 Å². The number of rotatable bonds is 4. The summed E-state index contributed by atoms with van der Waals surface area (Å²) in [5.41, 5.74) is 0.437. The van der Waals surface area contributed by atoms with E-state index in [2.05, 4.69) is 15.3 Å². The molecule has 6 heteroatoms. The highest BCUT2D eigenvalue weighted by atomic mass is 16.6. The highest BCUT2D eigenvalue weighted by Crippen LogP contribution is 2.22. The molecule has 1 unspecified atom stereocenters. The summed E-state index contributed by atoms with van der Waals surface area (Å²) in [6.45, 7) is 7.38. The molecule has 0 aliphatic rings. The van der Waals surface area contributed by atoms with Crippen molar-refractivity contribution in [3.63, 3.8) is 0 Å². The fourth-order valence-electron chi connectivity index (χ4n) is 1.87. The first-order valence-electron chi connectivity index (χ1n) is 7.36. The number of benzene rings is 1. The van der Waals surface area contributed by atoms with Gasteiger partial charge < -0.3 is 14.8 Å². The molecule has 23 heavy (non-hydrogen) atoms. The van der Waals surface area contributed by atoms with Crippen LogP contribution < -0.4 is 10.1 Å². The SMILES string of the molecule is CC(NC(=O)OC(C)(C)C)c1ccc(Oc2cncnc2)cc1. The smallest absolute Gasteiger partial charge is 0.408 e. The quantitative estimate of drug-likeness (QED) is 0.927. The van der Waals surface area contributed by atoms with E-state index in [-0.39, 0.29) is 6.04 Å². The molecule has 0 spiro atoms. The Bertz CT molecular complexity index is 636. The molecule has 1 aromatic heterocycles. The molecule has 1 N–H and O–H groups in total. The maximum absolute atomic E-state index is 11.8. The molecule has 0 aliphatic carbocycles. The molecule has 1 aromatic carbocycles. The van der Waals surface area contributed by atoms with Crippen molar-refractivity contribution in [3.05, 3.63) is 48.5 Å². The Morgan fingerprint density at radius 2 is 1.70 bits per heavy atom. The van der Waals surface area contributed by atoms with Crippen molar-refractivity contribution >= 4 is 6.09 Å². The predicted octanol–water partition coefficient (Wildman–Crippen LogP) is 3.85. The van der Waals surface area contributed by atoms with Crippen LogP contribution in [0.25, 0.3) is 0 Å². The average Bonchev–Trinajstić information content (AvgIpc) is 2.47. The van der Waals surface area contributed by atoms with Crippen molar-refractivity contribution in [2.24, 2.45) is 0 Å². The highest BCUT2D eigenvalue weighted by molar-refractivity contribution is 5.68. The van der Waals surface area contributed by atoms with Crippen LogP contribution >= 0.6 is 0 Å². The Labute approximate surface area is 135 Å². The lowest BCUT2D eigenvalue weighted by Crippen LogP contribution is -2.34. The van der Waals surface area contributed by atoms with Gasteiger partial charge in [-0.1, -0.05) is 12.1 Å². The number of carbonyl (C=O) groups excluding carboxylic acids is 1. The molecule has 2 aromatic rings. The third-order valence-corrected chi connectivity index (χ3v) is 2.89. The zero-order chi connectivity index (χ0) is 16.9. The van der Waals surface area contributed by atoms with E-state index in [4.69, 9.17) is 9.47 Å². The summed E-state index contributed by atoms with van der Waals surface area (Å²) >= 11 is 0. The van der Waals surface area contributed by atoms with Crippen LogP contribution in [0, 0.1) is 0 Å². The zero-order valence-corrected chi connectivity index (χ0v) is 13.7. The Morgan fingerprint density at radius 3 is 2.26 bits per heavy atom. The van der Waals surface area contributed by atoms with Crippen LogP contribution in [0.2, 0.25) is 0 Å². The van der Waals surface area contributed by atoms with Gasteiger partial charge in [-0.2, -0.15) is 0 Å². The number of hydrogen-bond donors (Lipinski definition) is 1. The number of amides is 1.